The first-order chi connectivity index (χ1) is 13.5. The third-order valence-corrected chi connectivity index (χ3v) is 5.47. The second kappa shape index (κ2) is 7.46. The van der Waals surface area contributed by atoms with Gasteiger partial charge in [0.15, 0.2) is 5.78 Å². The van der Waals surface area contributed by atoms with Crippen LogP contribution >= 0.6 is 0 Å². The molecule has 0 unspecified atom stereocenters. The third-order valence-electron chi connectivity index (χ3n) is 5.47. The Labute approximate surface area is 163 Å². The fourth-order valence-electron chi connectivity index (χ4n) is 4.19. The number of carboxylic acid groups (broad SMARTS) is 1. The van der Waals surface area contributed by atoms with Crippen LogP contribution in [0.5, 0.6) is 0 Å². The van der Waals surface area contributed by atoms with Crippen LogP contribution in [0.2, 0.25) is 0 Å². The van der Waals surface area contributed by atoms with E-state index in [0.29, 0.717) is 5.56 Å². The van der Waals surface area contributed by atoms with Gasteiger partial charge in [-0.15, -0.1) is 0 Å². The van der Waals surface area contributed by atoms with Crippen LogP contribution in [0, 0.1) is 0 Å². The van der Waals surface area contributed by atoms with Crippen molar-refractivity contribution in [2.75, 3.05) is 24.5 Å². The minimum Gasteiger partial charge on any atom is -0.478 e. The summed E-state index contributed by atoms with van der Waals surface area (Å²) in [6.07, 6.45) is 4.12. The second-order valence-electron chi connectivity index (χ2n) is 7.29. The smallest absolute Gasteiger partial charge is 0.336 e. The number of anilines is 1. The van der Waals surface area contributed by atoms with E-state index in [9.17, 15) is 19.5 Å². The molecule has 6 heteroatoms. The number of nitrogens with zero attached hydrogens (tertiary/aromatic N) is 1. The molecule has 6 nitrogen and oxygen atoms in total. The van der Waals surface area contributed by atoms with Gasteiger partial charge in [0.05, 0.1) is 17.7 Å². The topological polar surface area (TPSA) is 86.7 Å². The molecule has 0 atom stereocenters. The predicted octanol–water partition coefficient (Wildman–Crippen LogP) is 2.70. The maximum absolute atomic E-state index is 12.7. The Kier molecular flexibility index (Phi) is 4.86. The number of nitrogens with one attached hydrogen (secondary N) is 1. The largest absolute Gasteiger partial charge is 0.478 e. The molecule has 2 heterocycles. The van der Waals surface area contributed by atoms with Crippen LogP contribution in [0.1, 0.15) is 55.0 Å². The fraction of sp³-hybridized carbons (Fsp3) is 0.318. The molecule has 2 aromatic carbocycles. The minimum absolute atomic E-state index is 0.0546. The van der Waals surface area contributed by atoms with Crippen LogP contribution in [-0.4, -0.2) is 42.4 Å². The molecule has 0 aromatic heterocycles. The molecular weight excluding hydrogens is 356 g/mol. The number of carbonyl (C=O) groups is 3. The lowest BCUT2D eigenvalue weighted by Gasteiger charge is -2.37. The molecule has 2 aliphatic rings. The summed E-state index contributed by atoms with van der Waals surface area (Å²) in [5.41, 5.74) is 4.33. The van der Waals surface area contributed by atoms with Crippen molar-refractivity contribution in [3.63, 3.8) is 0 Å². The summed E-state index contributed by atoms with van der Waals surface area (Å²) in [4.78, 5) is 38.8. The number of amides is 1. The zero-order chi connectivity index (χ0) is 19.7. The first-order valence-corrected chi connectivity index (χ1v) is 9.59. The molecule has 28 heavy (non-hydrogen) atoms. The minimum atomic E-state index is -1.17. The average Bonchev–Trinajstić information content (AvgIpc) is 2.72. The van der Waals surface area contributed by atoms with E-state index in [4.69, 9.17) is 0 Å². The van der Waals surface area contributed by atoms with Crippen LogP contribution in [0.25, 0.3) is 0 Å². The van der Waals surface area contributed by atoms with Crippen LogP contribution in [0.3, 0.4) is 0 Å². The summed E-state index contributed by atoms with van der Waals surface area (Å²) in [6, 6.07) is 9.89. The van der Waals surface area contributed by atoms with Crippen LogP contribution in [-0.2, 0) is 12.8 Å². The van der Waals surface area contributed by atoms with E-state index < -0.39 is 11.9 Å². The standard InChI is InChI=1S/C22H22N2O4/c25-19(13-23-21(26)17-7-1-2-8-18(17)22(27)28)16-11-14-5-3-9-24-10-4-6-15(12-16)20(14)24/h1-2,7-8,11-12H,3-6,9-10,13H2,(H,23,26)(H,27,28). The molecule has 1 amide bonds. The SMILES string of the molecule is O=C(CNC(=O)c1ccccc1C(=O)O)c1cc2c3c(c1)CCCN3CCC2. The number of carbonyl (C=O) groups excluding carboxylic acids is 2. The van der Waals surface area contributed by atoms with Crippen molar-refractivity contribution in [3.8, 4) is 0 Å². The fourth-order valence-corrected chi connectivity index (χ4v) is 4.19. The van der Waals surface area contributed by atoms with Gasteiger partial charge in [-0.2, -0.15) is 0 Å². The Balaban J connectivity index is 1.51. The number of benzene rings is 2. The molecule has 0 saturated carbocycles. The van der Waals surface area contributed by atoms with E-state index in [0.717, 1.165) is 38.8 Å². The number of Topliss-reactive ketones (excluding diaryl/α,β-unsaturated/α-hetero) is 1. The molecule has 0 fully saturated rings. The van der Waals surface area contributed by atoms with Gasteiger partial charge in [-0.25, -0.2) is 4.79 Å². The summed E-state index contributed by atoms with van der Waals surface area (Å²) in [7, 11) is 0. The number of aromatic carboxylic acids is 1. The second-order valence-corrected chi connectivity index (χ2v) is 7.29. The Morgan fingerprint density at radius 2 is 1.57 bits per heavy atom. The molecular formula is C22H22N2O4. The summed E-state index contributed by atoms with van der Waals surface area (Å²) < 4.78 is 0. The molecule has 4 rings (SSSR count). The van der Waals surface area contributed by atoms with E-state index in [-0.39, 0.29) is 23.5 Å². The van der Waals surface area contributed by atoms with E-state index in [1.807, 2.05) is 12.1 Å². The zero-order valence-corrected chi connectivity index (χ0v) is 15.5. The number of hydrogen-bond donors (Lipinski definition) is 2. The highest BCUT2D eigenvalue weighted by Gasteiger charge is 2.25. The summed E-state index contributed by atoms with van der Waals surface area (Å²) in [5, 5.41) is 11.8. The van der Waals surface area contributed by atoms with Gasteiger partial charge in [0.25, 0.3) is 5.91 Å². The Morgan fingerprint density at radius 3 is 2.18 bits per heavy atom. The Bertz CT molecular complexity index is 936. The predicted molar refractivity (Wildman–Crippen MR) is 105 cm³/mol. The Morgan fingerprint density at radius 1 is 0.964 bits per heavy atom. The number of rotatable bonds is 5. The maximum Gasteiger partial charge on any atom is 0.336 e. The molecule has 2 aromatic rings. The summed E-state index contributed by atoms with van der Waals surface area (Å²) >= 11 is 0. The highest BCUT2D eigenvalue weighted by Crippen LogP contribution is 2.36. The summed E-state index contributed by atoms with van der Waals surface area (Å²) in [5.74, 6) is -1.89. The first-order valence-electron chi connectivity index (χ1n) is 9.59. The van der Waals surface area contributed by atoms with Gasteiger partial charge in [0.1, 0.15) is 0 Å². The van der Waals surface area contributed by atoms with Crippen molar-refractivity contribution in [1.29, 1.82) is 0 Å². The average molecular weight is 378 g/mol. The van der Waals surface area contributed by atoms with Crippen molar-refractivity contribution < 1.29 is 19.5 Å². The van der Waals surface area contributed by atoms with Gasteiger partial charge < -0.3 is 15.3 Å². The number of hydrogen-bond acceptors (Lipinski definition) is 4. The van der Waals surface area contributed by atoms with E-state index in [2.05, 4.69) is 10.2 Å². The van der Waals surface area contributed by atoms with Crippen molar-refractivity contribution >= 4 is 23.3 Å². The molecule has 144 valence electrons. The third kappa shape index (κ3) is 3.38. The Hall–Kier alpha value is -3.15. The van der Waals surface area contributed by atoms with Gasteiger partial charge in [-0.3, -0.25) is 9.59 Å². The van der Waals surface area contributed by atoms with E-state index in [1.165, 1.54) is 28.9 Å². The quantitative estimate of drug-likeness (QED) is 0.781. The molecule has 0 bridgehead atoms. The molecule has 0 radical (unpaired) electrons. The monoisotopic (exact) mass is 378 g/mol. The lowest BCUT2D eigenvalue weighted by atomic mass is 9.89. The normalized spacial score (nSPS) is 14.9. The van der Waals surface area contributed by atoms with Gasteiger partial charge in [0, 0.05) is 24.3 Å². The number of aryl methyl sites for hydroxylation is 2. The lowest BCUT2D eigenvalue weighted by Crippen LogP contribution is -2.35. The molecule has 2 aliphatic heterocycles. The van der Waals surface area contributed by atoms with Crippen molar-refractivity contribution in [2.24, 2.45) is 0 Å². The van der Waals surface area contributed by atoms with E-state index in [1.54, 1.807) is 12.1 Å². The first kappa shape index (κ1) is 18.2. The molecule has 0 aliphatic carbocycles. The highest BCUT2D eigenvalue weighted by atomic mass is 16.4. The highest BCUT2D eigenvalue weighted by molar-refractivity contribution is 6.07. The zero-order valence-electron chi connectivity index (χ0n) is 15.5. The van der Waals surface area contributed by atoms with Crippen molar-refractivity contribution in [1.82, 2.24) is 5.32 Å². The number of carboxylic acids is 1. The van der Waals surface area contributed by atoms with Crippen molar-refractivity contribution in [3.05, 3.63) is 64.2 Å². The summed E-state index contributed by atoms with van der Waals surface area (Å²) in [6.45, 7) is 1.99. The van der Waals surface area contributed by atoms with Crippen LogP contribution in [0.4, 0.5) is 5.69 Å². The van der Waals surface area contributed by atoms with Crippen LogP contribution in [0.15, 0.2) is 36.4 Å². The van der Waals surface area contributed by atoms with Gasteiger partial charge in [-0.1, -0.05) is 12.1 Å². The number of ketones is 1. The van der Waals surface area contributed by atoms with Gasteiger partial charge in [-0.05, 0) is 61.1 Å². The van der Waals surface area contributed by atoms with Gasteiger partial charge in [0.2, 0.25) is 0 Å². The lowest BCUT2D eigenvalue weighted by molar-refractivity contribution is 0.0691. The molecule has 2 N–H and O–H groups in total. The maximum atomic E-state index is 12.7. The van der Waals surface area contributed by atoms with Crippen LogP contribution < -0.4 is 10.2 Å². The van der Waals surface area contributed by atoms with Crippen molar-refractivity contribution in [2.45, 2.75) is 25.7 Å². The van der Waals surface area contributed by atoms with E-state index >= 15 is 0 Å². The molecule has 0 saturated heterocycles. The van der Waals surface area contributed by atoms with Gasteiger partial charge >= 0.3 is 5.97 Å². The molecule has 0 spiro atoms.